The number of aromatic nitrogens is 1. The number of halogens is 2. The number of amides is 1. The minimum atomic E-state index is -0.194. The molecular weight excluding hydrogens is 316 g/mol. The first kappa shape index (κ1) is 13.1. The SMILES string of the molecule is Cc1cncc(C(=O)Nc2ccc(Cl)c(Br)c2)c1. The van der Waals surface area contributed by atoms with Crippen LogP contribution >= 0.6 is 27.5 Å². The number of anilines is 1. The van der Waals surface area contributed by atoms with Gasteiger partial charge in [0.05, 0.1) is 10.6 Å². The largest absolute Gasteiger partial charge is 0.322 e. The van der Waals surface area contributed by atoms with E-state index in [0.29, 0.717) is 16.3 Å². The summed E-state index contributed by atoms with van der Waals surface area (Å²) in [4.78, 5) is 16.0. The molecule has 2 rings (SSSR count). The van der Waals surface area contributed by atoms with Gasteiger partial charge in [0.2, 0.25) is 0 Å². The van der Waals surface area contributed by atoms with Crippen LogP contribution in [0.4, 0.5) is 5.69 Å². The molecule has 18 heavy (non-hydrogen) atoms. The number of hydrogen-bond donors (Lipinski definition) is 1. The number of carbonyl (C=O) groups is 1. The van der Waals surface area contributed by atoms with E-state index >= 15 is 0 Å². The Morgan fingerprint density at radius 2 is 2.11 bits per heavy atom. The summed E-state index contributed by atoms with van der Waals surface area (Å²) in [7, 11) is 0. The predicted molar refractivity (Wildman–Crippen MR) is 76.1 cm³/mol. The molecule has 0 atom stereocenters. The van der Waals surface area contributed by atoms with Gasteiger partial charge in [-0.2, -0.15) is 0 Å². The highest BCUT2D eigenvalue weighted by molar-refractivity contribution is 9.10. The Kier molecular flexibility index (Phi) is 3.99. The predicted octanol–water partition coefficient (Wildman–Crippen LogP) is 4.06. The molecule has 2 aromatic rings. The van der Waals surface area contributed by atoms with E-state index < -0.39 is 0 Å². The molecule has 0 radical (unpaired) electrons. The second-order valence-electron chi connectivity index (χ2n) is 3.83. The van der Waals surface area contributed by atoms with Crippen LogP contribution in [0.2, 0.25) is 5.02 Å². The van der Waals surface area contributed by atoms with Gasteiger partial charge in [-0.3, -0.25) is 9.78 Å². The summed E-state index contributed by atoms with van der Waals surface area (Å²) in [5.41, 5.74) is 2.15. The van der Waals surface area contributed by atoms with Gasteiger partial charge in [0, 0.05) is 22.6 Å². The summed E-state index contributed by atoms with van der Waals surface area (Å²) < 4.78 is 0.740. The smallest absolute Gasteiger partial charge is 0.257 e. The van der Waals surface area contributed by atoms with Gasteiger partial charge in [-0.05, 0) is 52.7 Å². The minimum absolute atomic E-state index is 0.194. The number of nitrogens with one attached hydrogen (secondary N) is 1. The first-order valence-corrected chi connectivity index (χ1v) is 6.41. The lowest BCUT2D eigenvalue weighted by Gasteiger charge is -2.06. The Labute approximate surface area is 118 Å². The summed E-state index contributed by atoms with van der Waals surface area (Å²) in [6.45, 7) is 1.89. The van der Waals surface area contributed by atoms with E-state index in [9.17, 15) is 4.79 Å². The quantitative estimate of drug-likeness (QED) is 0.905. The van der Waals surface area contributed by atoms with Crippen molar-refractivity contribution in [1.29, 1.82) is 0 Å². The number of benzene rings is 1. The van der Waals surface area contributed by atoms with E-state index in [2.05, 4.69) is 26.2 Å². The Morgan fingerprint density at radius 1 is 1.33 bits per heavy atom. The second kappa shape index (κ2) is 5.50. The summed E-state index contributed by atoms with van der Waals surface area (Å²) in [5.74, 6) is -0.194. The molecule has 92 valence electrons. The van der Waals surface area contributed by atoms with Gasteiger partial charge in [-0.15, -0.1) is 0 Å². The standard InChI is InChI=1S/C13H10BrClN2O/c1-8-4-9(7-16-6-8)13(18)17-10-2-3-12(15)11(14)5-10/h2-7H,1H3,(H,17,18). The second-order valence-corrected chi connectivity index (χ2v) is 5.10. The molecule has 0 saturated heterocycles. The highest BCUT2D eigenvalue weighted by atomic mass is 79.9. The molecule has 1 aromatic heterocycles. The molecule has 0 saturated carbocycles. The summed E-state index contributed by atoms with van der Waals surface area (Å²) in [6.07, 6.45) is 3.24. The molecule has 5 heteroatoms. The molecule has 0 unspecified atom stereocenters. The fourth-order valence-corrected chi connectivity index (χ4v) is 1.95. The van der Waals surface area contributed by atoms with Crippen molar-refractivity contribution in [2.75, 3.05) is 5.32 Å². The molecular formula is C13H10BrClN2O. The van der Waals surface area contributed by atoms with Crippen LogP contribution in [0.15, 0.2) is 41.1 Å². The number of hydrogen-bond acceptors (Lipinski definition) is 2. The maximum Gasteiger partial charge on any atom is 0.257 e. The van der Waals surface area contributed by atoms with Gasteiger partial charge in [-0.1, -0.05) is 11.6 Å². The first-order chi connectivity index (χ1) is 8.56. The van der Waals surface area contributed by atoms with Crippen molar-refractivity contribution in [3.8, 4) is 0 Å². The zero-order valence-electron chi connectivity index (χ0n) is 9.58. The van der Waals surface area contributed by atoms with Crippen LogP contribution in [-0.2, 0) is 0 Å². The van der Waals surface area contributed by atoms with E-state index in [1.807, 2.05) is 6.92 Å². The van der Waals surface area contributed by atoms with Crippen molar-refractivity contribution in [3.05, 3.63) is 57.3 Å². The van der Waals surface area contributed by atoms with Crippen molar-refractivity contribution in [3.63, 3.8) is 0 Å². The molecule has 3 nitrogen and oxygen atoms in total. The summed E-state index contributed by atoms with van der Waals surface area (Å²) in [5, 5.41) is 3.39. The maximum atomic E-state index is 12.0. The highest BCUT2D eigenvalue weighted by Crippen LogP contribution is 2.25. The van der Waals surface area contributed by atoms with E-state index in [1.54, 1.807) is 30.5 Å². The van der Waals surface area contributed by atoms with Crippen LogP contribution in [0.25, 0.3) is 0 Å². The molecule has 0 aliphatic heterocycles. The molecule has 1 N–H and O–H groups in total. The van der Waals surface area contributed by atoms with E-state index in [1.165, 1.54) is 6.20 Å². The Bertz CT molecular complexity index is 601. The number of rotatable bonds is 2. The van der Waals surface area contributed by atoms with E-state index in [0.717, 1.165) is 10.0 Å². The van der Waals surface area contributed by atoms with Gasteiger partial charge < -0.3 is 5.32 Å². The van der Waals surface area contributed by atoms with Crippen molar-refractivity contribution in [2.24, 2.45) is 0 Å². The number of pyridine rings is 1. The normalized spacial score (nSPS) is 10.2. The Balaban J connectivity index is 2.18. The fourth-order valence-electron chi connectivity index (χ4n) is 1.46. The van der Waals surface area contributed by atoms with Crippen LogP contribution < -0.4 is 5.32 Å². The molecule has 1 aromatic carbocycles. The molecule has 1 amide bonds. The maximum absolute atomic E-state index is 12.0. The topological polar surface area (TPSA) is 42.0 Å². The van der Waals surface area contributed by atoms with Gasteiger partial charge in [-0.25, -0.2) is 0 Å². The molecule has 1 heterocycles. The Morgan fingerprint density at radius 3 is 2.78 bits per heavy atom. The molecule has 0 bridgehead atoms. The summed E-state index contributed by atoms with van der Waals surface area (Å²) >= 11 is 9.19. The Hall–Kier alpha value is -1.39. The average molecular weight is 326 g/mol. The third-order valence-electron chi connectivity index (χ3n) is 2.31. The van der Waals surface area contributed by atoms with Gasteiger partial charge in [0.15, 0.2) is 0 Å². The van der Waals surface area contributed by atoms with E-state index in [-0.39, 0.29) is 5.91 Å². The van der Waals surface area contributed by atoms with Crippen LogP contribution in [-0.4, -0.2) is 10.9 Å². The molecule has 0 spiro atoms. The monoisotopic (exact) mass is 324 g/mol. The molecule has 0 aliphatic rings. The zero-order chi connectivity index (χ0) is 13.1. The zero-order valence-corrected chi connectivity index (χ0v) is 11.9. The number of aryl methyl sites for hydroxylation is 1. The lowest BCUT2D eigenvalue weighted by molar-refractivity contribution is 0.102. The highest BCUT2D eigenvalue weighted by Gasteiger charge is 2.07. The van der Waals surface area contributed by atoms with Gasteiger partial charge in [0.1, 0.15) is 0 Å². The molecule has 0 aliphatic carbocycles. The third-order valence-corrected chi connectivity index (χ3v) is 3.53. The van der Waals surface area contributed by atoms with E-state index in [4.69, 9.17) is 11.6 Å². The first-order valence-electron chi connectivity index (χ1n) is 5.24. The average Bonchev–Trinajstić information content (AvgIpc) is 2.34. The van der Waals surface area contributed by atoms with Gasteiger partial charge >= 0.3 is 0 Å². The van der Waals surface area contributed by atoms with Crippen LogP contribution in [0.1, 0.15) is 15.9 Å². The fraction of sp³-hybridized carbons (Fsp3) is 0.0769. The lowest BCUT2D eigenvalue weighted by atomic mass is 10.2. The van der Waals surface area contributed by atoms with Crippen LogP contribution in [0.3, 0.4) is 0 Å². The minimum Gasteiger partial charge on any atom is -0.322 e. The van der Waals surface area contributed by atoms with Crippen molar-refractivity contribution in [2.45, 2.75) is 6.92 Å². The van der Waals surface area contributed by atoms with Crippen LogP contribution in [0, 0.1) is 6.92 Å². The van der Waals surface area contributed by atoms with Crippen molar-refractivity contribution < 1.29 is 4.79 Å². The molecule has 0 fully saturated rings. The lowest BCUT2D eigenvalue weighted by Crippen LogP contribution is -2.12. The summed E-state index contributed by atoms with van der Waals surface area (Å²) in [6, 6.07) is 7.00. The van der Waals surface area contributed by atoms with Gasteiger partial charge in [0.25, 0.3) is 5.91 Å². The van der Waals surface area contributed by atoms with Crippen LogP contribution in [0.5, 0.6) is 0 Å². The number of carbonyl (C=O) groups excluding carboxylic acids is 1. The van der Waals surface area contributed by atoms with Crippen molar-refractivity contribution in [1.82, 2.24) is 4.98 Å². The third kappa shape index (κ3) is 3.09. The van der Waals surface area contributed by atoms with Crippen molar-refractivity contribution >= 4 is 39.1 Å². The number of nitrogens with zero attached hydrogens (tertiary/aromatic N) is 1.